The molecule has 12 heavy (non-hydrogen) atoms. The lowest BCUT2D eigenvalue weighted by Gasteiger charge is -2.02. The minimum absolute atomic E-state index is 0.196. The molecular weight excluding hydrogens is 199 g/mol. The summed E-state index contributed by atoms with van der Waals surface area (Å²) in [6, 6.07) is 3.02. The maximum absolute atomic E-state index is 8.13. The number of nitrogen functional groups attached to an aromatic ring is 1. The molecule has 0 fully saturated rings. The van der Waals surface area contributed by atoms with E-state index in [1.807, 2.05) is 0 Å². The molecule has 0 saturated heterocycles. The molecular formula is C6H4Cl2N4. The minimum atomic E-state index is 0.196. The summed E-state index contributed by atoms with van der Waals surface area (Å²) in [5.74, 6) is 0. The van der Waals surface area contributed by atoms with Crippen molar-refractivity contribution < 1.29 is 0 Å². The van der Waals surface area contributed by atoms with Crippen molar-refractivity contribution >= 4 is 34.6 Å². The van der Waals surface area contributed by atoms with Crippen molar-refractivity contribution in [1.82, 2.24) is 0 Å². The van der Waals surface area contributed by atoms with Crippen LogP contribution in [0.3, 0.4) is 0 Å². The molecule has 0 unspecified atom stereocenters. The first kappa shape index (κ1) is 9.00. The highest BCUT2D eigenvalue weighted by molar-refractivity contribution is 6.44. The first-order chi connectivity index (χ1) is 5.66. The Hall–Kier alpha value is -1.09. The van der Waals surface area contributed by atoms with E-state index < -0.39 is 0 Å². The van der Waals surface area contributed by atoms with Crippen LogP contribution in [0, 0.1) is 0 Å². The molecule has 0 amide bonds. The maximum atomic E-state index is 8.13. The van der Waals surface area contributed by atoms with Crippen LogP contribution in [0.5, 0.6) is 0 Å². The van der Waals surface area contributed by atoms with Gasteiger partial charge in [0.25, 0.3) is 0 Å². The predicted molar refractivity (Wildman–Crippen MR) is 49.7 cm³/mol. The summed E-state index contributed by atoms with van der Waals surface area (Å²) in [6.07, 6.45) is 0. The molecule has 1 rings (SSSR count). The fourth-order valence-electron chi connectivity index (χ4n) is 0.692. The van der Waals surface area contributed by atoms with Gasteiger partial charge in [-0.25, -0.2) is 0 Å². The zero-order valence-electron chi connectivity index (χ0n) is 5.83. The standard InChI is InChI=1S/C6H4Cl2N4/c7-3-1-2-4(11-12-10)6(9)5(3)8/h1-2H,9H2. The molecule has 6 heteroatoms. The molecule has 0 aliphatic heterocycles. The molecule has 2 N–H and O–H groups in total. The molecule has 4 nitrogen and oxygen atoms in total. The Morgan fingerprint density at radius 3 is 2.67 bits per heavy atom. The van der Waals surface area contributed by atoms with Crippen molar-refractivity contribution in [3.63, 3.8) is 0 Å². The summed E-state index contributed by atoms with van der Waals surface area (Å²) in [4.78, 5) is 2.58. The van der Waals surface area contributed by atoms with Crippen LogP contribution in [0.2, 0.25) is 10.0 Å². The Morgan fingerprint density at radius 2 is 2.08 bits per heavy atom. The average molecular weight is 203 g/mol. The fraction of sp³-hybridized carbons (Fsp3) is 0. The van der Waals surface area contributed by atoms with E-state index in [0.717, 1.165) is 0 Å². The van der Waals surface area contributed by atoms with Crippen molar-refractivity contribution in [3.05, 3.63) is 32.6 Å². The lowest BCUT2D eigenvalue weighted by atomic mass is 10.3. The number of azide groups is 1. The van der Waals surface area contributed by atoms with Gasteiger partial charge in [-0.2, -0.15) is 0 Å². The van der Waals surface area contributed by atoms with E-state index in [4.69, 9.17) is 34.5 Å². The maximum Gasteiger partial charge on any atom is 0.0826 e. The number of nitrogens with two attached hydrogens (primary N) is 1. The van der Waals surface area contributed by atoms with Crippen LogP contribution in [0.15, 0.2) is 17.2 Å². The number of rotatable bonds is 1. The van der Waals surface area contributed by atoms with Crippen LogP contribution >= 0.6 is 23.2 Å². The summed E-state index contributed by atoms with van der Waals surface area (Å²) in [6.45, 7) is 0. The Kier molecular flexibility index (Phi) is 2.65. The molecule has 1 aromatic carbocycles. The zero-order chi connectivity index (χ0) is 9.14. The highest BCUT2D eigenvalue weighted by atomic mass is 35.5. The molecule has 0 aliphatic carbocycles. The van der Waals surface area contributed by atoms with Gasteiger partial charge < -0.3 is 5.73 Å². The first-order valence-electron chi connectivity index (χ1n) is 2.95. The van der Waals surface area contributed by atoms with Gasteiger partial charge in [-0.3, -0.25) is 0 Å². The summed E-state index contributed by atoms with van der Waals surface area (Å²) < 4.78 is 0. The molecule has 1 aromatic rings. The number of hydrogen-bond acceptors (Lipinski definition) is 2. The van der Waals surface area contributed by atoms with Crippen molar-refractivity contribution in [3.8, 4) is 0 Å². The topological polar surface area (TPSA) is 74.8 Å². The quantitative estimate of drug-likeness (QED) is 0.322. The van der Waals surface area contributed by atoms with E-state index in [2.05, 4.69) is 10.0 Å². The van der Waals surface area contributed by atoms with Crippen LogP contribution in [0.4, 0.5) is 11.4 Å². The highest BCUT2D eigenvalue weighted by Gasteiger charge is 2.05. The van der Waals surface area contributed by atoms with Gasteiger partial charge >= 0.3 is 0 Å². The third kappa shape index (κ3) is 1.56. The van der Waals surface area contributed by atoms with E-state index in [1.54, 1.807) is 0 Å². The second-order valence-electron chi connectivity index (χ2n) is 1.98. The fourth-order valence-corrected chi connectivity index (χ4v) is 1.02. The van der Waals surface area contributed by atoms with Crippen LogP contribution in [-0.2, 0) is 0 Å². The normalized spacial score (nSPS) is 9.17. The third-order valence-electron chi connectivity index (χ3n) is 1.26. The SMILES string of the molecule is [N-]=[N+]=Nc1ccc(Cl)c(Cl)c1N. The Morgan fingerprint density at radius 1 is 1.42 bits per heavy atom. The molecule has 0 saturated carbocycles. The van der Waals surface area contributed by atoms with Crippen molar-refractivity contribution in [2.75, 3.05) is 5.73 Å². The van der Waals surface area contributed by atoms with E-state index in [1.165, 1.54) is 12.1 Å². The number of benzene rings is 1. The molecule has 0 bridgehead atoms. The predicted octanol–water partition coefficient (Wildman–Crippen LogP) is 3.52. The van der Waals surface area contributed by atoms with E-state index in [0.29, 0.717) is 5.02 Å². The Balaban J connectivity index is 3.35. The van der Waals surface area contributed by atoms with Gasteiger partial charge in [-0.15, -0.1) is 0 Å². The van der Waals surface area contributed by atoms with Gasteiger partial charge in [-0.05, 0) is 17.7 Å². The lowest BCUT2D eigenvalue weighted by molar-refractivity contribution is 1.48. The van der Waals surface area contributed by atoms with Crippen LogP contribution in [0.25, 0.3) is 10.4 Å². The second kappa shape index (κ2) is 3.54. The number of halogens is 2. The smallest absolute Gasteiger partial charge is 0.0826 e. The van der Waals surface area contributed by atoms with Crippen LogP contribution in [0.1, 0.15) is 0 Å². The summed E-state index contributed by atoms with van der Waals surface area (Å²) >= 11 is 11.3. The molecule has 0 radical (unpaired) electrons. The average Bonchev–Trinajstić information content (AvgIpc) is 2.07. The van der Waals surface area contributed by atoms with Gasteiger partial charge in [0.1, 0.15) is 0 Å². The largest absolute Gasteiger partial charge is 0.397 e. The summed E-state index contributed by atoms with van der Waals surface area (Å²) in [5, 5.41) is 3.87. The summed E-state index contributed by atoms with van der Waals surface area (Å²) in [7, 11) is 0. The molecule has 0 aliphatic rings. The zero-order valence-corrected chi connectivity index (χ0v) is 7.34. The molecule has 0 spiro atoms. The first-order valence-corrected chi connectivity index (χ1v) is 3.71. The molecule has 0 atom stereocenters. The van der Waals surface area contributed by atoms with E-state index >= 15 is 0 Å². The number of anilines is 1. The Labute approximate surface area is 78.5 Å². The third-order valence-corrected chi connectivity index (χ3v) is 2.08. The minimum Gasteiger partial charge on any atom is -0.397 e. The van der Waals surface area contributed by atoms with Crippen LogP contribution < -0.4 is 5.73 Å². The van der Waals surface area contributed by atoms with Gasteiger partial charge in [0.2, 0.25) is 0 Å². The lowest BCUT2D eigenvalue weighted by Crippen LogP contribution is -1.86. The van der Waals surface area contributed by atoms with Crippen LogP contribution in [-0.4, -0.2) is 0 Å². The molecule has 0 aromatic heterocycles. The van der Waals surface area contributed by atoms with E-state index in [-0.39, 0.29) is 16.4 Å². The monoisotopic (exact) mass is 202 g/mol. The van der Waals surface area contributed by atoms with Gasteiger partial charge in [0.05, 0.1) is 21.4 Å². The Bertz CT molecular complexity index is 357. The van der Waals surface area contributed by atoms with Gasteiger partial charge in [0.15, 0.2) is 0 Å². The second-order valence-corrected chi connectivity index (χ2v) is 2.77. The number of nitrogens with zero attached hydrogens (tertiary/aromatic N) is 3. The number of hydrogen-bond donors (Lipinski definition) is 1. The van der Waals surface area contributed by atoms with Crippen molar-refractivity contribution in [2.24, 2.45) is 5.11 Å². The van der Waals surface area contributed by atoms with Crippen molar-refractivity contribution in [2.45, 2.75) is 0 Å². The highest BCUT2D eigenvalue weighted by Crippen LogP contribution is 2.35. The van der Waals surface area contributed by atoms with E-state index in [9.17, 15) is 0 Å². The van der Waals surface area contributed by atoms with Crippen molar-refractivity contribution in [1.29, 1.82) is 0 Å². The molecule has 0 heterocycles. The van der Waals surface area contributed by atoms with Gasteiger partial charge in [0, 0.05) is 4.91 Å². The van der Waals surface area contributed by atoms with Gasteiger partial charge in [-0.1, -0.05) is 28.3 Å². The summed E-state index contributed by atoms with van der Waals surface area (Å²) in [5.41, 5.74) is 14.1. The molecule has 62 valence electrons.